The zero-order valence-corrected chi connectivity index (χ0v) is 11.4. The third-order valence-electron chi connectivity index (χ3n) is 4.63. The van der Waals surface area contributed by atoms with Crippen LogP contribution in [0.25, 0.3) is 0 Å². The molecule has 2 fully saturated rings. The van der Waals surface area contributed by atoms with E-state index in [2.05, 4.69) is 29.3 Å². The fourth-order valence-corrected chi connectivity index (χ4v) is 3.39. The molecule has 2 aliphatic rings. The smallest absolute Gasteiger partial charge is 0.230 e. The molecule has 0 aromatic carbocycles. The van der Waals surface area contributed by atoms with Crippen molar-refractivity contribution < 1.29 is 4.52 Å². The van der Waals surface area contributed by atoms with Crippen LogP contribution in [0.1, 0.15) is 76.0 Å². The zero-order valence-electron chi connectivity index (χ0n) is 11.4. The number of nitrogens with zero attached hydrogens (tertiary/aromatic N) is 2. The van der Waals surface area contributed by atoms with Crippen molar-refractivity contribution >= 4 is 0 Å². The first-order valence-electron chi connectivity index (χ1n) is 7.24. The van der Waals surface area contributed by atoms with Crippen molar-refractivity contribution in [3.63, 3.8) is 0 Å². The molecule has 1 N–H and O–H groups in total. The van der Waals surface area contributed by atoms with Gasteiger partial charge in [-0.1, -0.05) is 31.8 Å². The predicted octanol–water partition coefficient (Wildman–Crippen LogP) is 3.18. The van der Waals surface area contributed by atoms with E-state index in [9.17, 15) is 0 Å². The molecular weight excluding hydrogens is 226 g/mol. The highest BCUT2D eigenvalue weighted by atomic mass is 16.5. The summed E-state index contributed by atoms with van der Waals surface area (Å²) >= 11 is 0. The van der Waals surface area contributed by atoms with Gasteiger partial charge in [0.05, 0.1) is 6.04 Å². The van der Waals surface area contributed by atoms with E-state index < -0.39 is 0 Å². The Bertz CT molecular complexity index is 407. The second-order valence-corrected chi connectivity index (χ2v) is 6.43. The largest absolute Gasteiger partial charge is 0.339 e. The van der Waals surface area contributed by atoms with Gasteiger partial charge in [-0.15, -0.1) is 0 Å². The Balaban J connectivity index is 1.79. The van der Waals surface area contributed by atoms with Gasteiger partial charge in [-0.05, 0) is 37.6 Å². The number of hydrogen-bond acceptors (Lipinski definition) is 4. The van der Waals surface area contributed by atoms with Crippen molar-refractivity contribution in [3.8, 4) is 0 Å². The fraction of sp³-hybridized carbons (Fsp3) is 0.857. The molecule has 1 saturated heterocycles. The molecule has 2 unspecified atom stereocenters. The number of rotatable bonds is 2. The van der Waals surface area contributed by atoms with Crippen molar-refractivity contribution in [2.24, 2.45) is 5.41 Å². The van der Waals surface area contributed by atoms with E-state index in [0.29, 0.717) is 17.4 Å². The Morgan fingerprint density at radius 1 is 1.22 bits per heavy atom. The molecule has 1 aliphatic heterocycles. The molecule has 0 spiro atoms. The molecule has 0 amide bonds. The zero-order chi connectivity index (χ0) is 12.6. The highest BCUT2D eigenvalue weighted by molar-refractivity contribution is 5.05. The number of hydrogen-bond donors (Lipinski definition) is 1. The van der Waals surface area contributed by atoms with E-state index in [0.717, 1.165) is 24.7 Å². The number of nitrogens with one attached hydrogen (secondary N) is 1. The van der Waals surface area contributed by atoms with Crippen LogP contribution in [0.3, 0.4) is 0 Å². The molecule has 18 heavy (non-hydrogen) atoms. The molecule has 1 aromatic rings. The maximum absolute atomic E-state index is 5.55. The molecule has 1 saturated carbocycles. The summed E-state index contributed by atoms with van der Waals surface area (Å²) in [6.07, 6.45) is 7.41. The lowest BCUT2D eigenvalue weighted by Gasteiger charge is -2.36. The second-order valence-electron chi connectivity index (χ2n) is 6.43. The van der Waals surface area contributed by atoms with Crippen LogP contribution in [0.2, 0.25) is 0 Å². The molecule has 1 aliphatic carbocycles. The first kappa shape index (κ1) is 12.2. The first-order valence-corrected chi connectivity index (χ1v) is 7.24. The second kappa shape index (κ2) is 4.65. The molecule has 2 atom stereocenters. The average molecular weight is 249 g/mol. The normalized spacial score (nSPS) is 31.7. The van der Waals surface area contributed by atoms with Gasteiger partial charge in [0.1, 0.15) is 0 Å². The van der Waals surface area contributed by atoms with Crippen LogP contribution in [0.4, 0.5) is 0 Å². The minimum Gasteiger partial charge on any atom is -0.339 e. The summed E-state index contributed by atoms with van der Waals surface area (Å²) in [4.78, 5) is 4.67. The van der Waals surface area contributed by atoms with E-state index in [4.69, 9.17) is 4.52 Å². The Morgan fingerprint density at radius 3 is 2.83 bits per heavy atom. The molecule has 0 bridgehead atoms. The van der Waals surface area contributed by atoms with Gasteiger partial charge in [-0.2, -0.15) is 4.98 Å². The Kier molecular flexibility index (Phi) is 3.14. The summed E-state index contributed by atoms with van der Waals surface area (Å²) in [7, 11) is 0. The SMILES string of the molecule is CC1(C)CCCCC1c1nc(C2CCCN2)no1. The lowest BCUT2D eigenvalue weighted by atomic mass is 9.69. The van der Waals surface area contributed by atoms with Crippen LogP contribution in [-0.2, 0) is 0 Å². The van der Waals surface area contributed by atoms with Crippen molar-refractivity contribution in [1.82, 2.24) is 15.5 Å². The molecule has 2 heterocycles. The summed E-state index contributed by atoms with van der Waals surface area (Å²) in [6.45, 7) is 5.73. The van der Waals surface area contributed by atoms with Crippen molar-refractivity contribution in [1.29, 1.82) is 0 Å². The maximum Gasteiger partial charge on any atom is 0.230 e. The van der Waals surface area contributed by atoms with Gasteiger partial charge < -0.3 is 9.84 Å². The van der Waals surface area contributed by atoms with Crippen molar-refractivity contribution in [2.45, 2.75) is 64.3 Å². The van der Waals surface area contributed by atoms with Crippen LogP contribution >= 0.6 is 0 Å². The van der Waals surface area contributed by atoms with Gasteiger partial charge in [-0.25, -0.2) is 0 Å². The maximum atomic E-state index is 5.55. The average Bonchev–Trinajstić information content (AvgIpc) is 2.99. The number of aromatic nitrogens is 2. The van der Waals surface area contributed by atoms with Crippen LogP contribution in [0.5, 0.6) is 0 Å². The fourth-order valence-electron chi connectivity index (χ4n) is 3.39. The minimum atomic E-state index is 0.297. The molecule has 4 heteroatoms. The summed E-state index contributed by atoms with van der Waals surface area (Å²) in [5.74, 6) is 2.17. The van der Waals surface area contributed by atoms with Gasteiger partial charge in [-0.3, -0.25) is 0 Å². The van der Waals surface area contributed by atoms with E-state index in [1.807, 2.05) is 0 Å². The Hall–Kier alpha value is -0.900. The molecule has 0 radical (unpaired) electrons. The molecular formula is C14H23N3O. The summed E-state index contributed by atoms with van der Waals surface area (Å²) in [5, 5.41) is 7.62. The quantitative estimate of drug-likeness (QED) is 0.874. The molecule has 4 nitrogen and oxygen atoms in total. The van der Waals surface area contributed by atoms with Crippen molar-refractivity contribution in [2.75, 3.05) is 6.54 Å². The van der Waals surface area contributed by atoms with Crippen LogP contribution in [0.15, 0.2) is 4.52 Å². The van der Waals surface area contributed by atoms with E-state index in [-0.39, 0.29) is 0 Å². The van der Waals surface area contributed by atoms with E-state index >= 15 is 0 Å². The minimum absolute atomic E-state index is 0.297. The van der Waals surface area contributed by atoms with E-state index in [1.165, 1.54) is 32.1 Å². The first-order chi connectivity index (χ1) is 8.67. The Labute approximate surface area is 109 Å². The van der Waals surface area contributed by atoms with Crippen LogP contribution in [0, 0.1) is 5.41 Å². The predicted molar refractivity (Wildman–Crippen MR) is 69.3 cm³/mol. The monoisotopic (exact) mass is 249 g/mol. The topological polar surface area (TPSA) is 51.0 Å². The lowest BCUT2D eigenvalue weighted by Crippen LogP contribution is -2.26. The molecule has 1 aromatic heterocycles. The highest BCUT2D eigenvalue weighted by Crippen LogP contribution is 2.46. The standard InChI is InChI=1S/C14H23N3O/c1-14(2)8-4-3-6-10(14)13-16-12(17-18-13)11-7-5-9-15-11/h10-11,15H,3-9H2,1-2H3. The third-order valence-corrected chi connectivity index (χ3v) is 4.63. The third kappa shape index (κ3) is 2.18. The summed E-state index contributed by atoms with van der Waals surface area (Å²) in [5.41, 5.74) is 0.297. The van der Waals surface area contributed by atoms with Gasteiger partial charge >= 0.3 is 0 Å². The van der Waals surface area contributed by atoms with Gasteiger partial charge in [0.2, 0.25) is 5.89 Å². The van der Waals surface area contributed by atoms with Gasteiger partial charge in [0.15, 0.2) is 5.82 Å². The van der Waals surface area contributed by atoms with Crippen LogP contribution in [-0.4, -0.2) is 16.7 Å². The highest BCUT2D eigenvalue weighted by Gasteiger charge is 2.37. The Morgan fingerprint density at radius 2 is 2.11 bits per heavy atom. The molecule has 3 rings (SSSR count). The summed E-state index contributed by atoms with van der Waals surface area (Å²) < 4.78 is 5.55. The van der Waals surface area contributed by atoms with Crippen LogP contribution < -0.4 is 5.32 Å². The van der Waals surface area contributed by atoms with Gasteiger partial charge in [0.25, 0.3) is 0 Å². The lowest BCUT2D eigenvalue weighted by molar-refractivity contribution is 0.164. The van der Waals surface area contributed by atoms with Crippen molar-refractivity contribution in [3.05, 3.63) is 11.7 Å². The van der Waals surface area contributed by atoms with E-state index in [1.54, 1.807) is 0 Å². The summed E-state index contributed by atoms with van der Waals surface area (Å²) in [6, 6.07) is 0.314. The molecule has 100 valence electrons. The van der Waals surface area contributed by atoms with Gasteiger partial charge in [0, 0.05) is 5.92 Å².